The predicted octanol–water partition coefficient (Wildman–Crippen LogP) is 1.99. The van der Waals surface area contributed by atoms with Gasteiger partial charge in [0.05, 0.1) is 23.8 Å². The Morgan fingerprint density at radius 3 is 2.26 bits per heavy atom. The van der Waals surface area contributed by atoms with Gasteiger partial charge in [-0.15, -0.1) is 0 Å². The molecule has 0 saturated carbocycles. The van der Waals surface area contributed by atoms with Gasteiger partial charge in [0.2, 0.25) is 0 Å². The molecule has 0 aliphatic carbocycles. The number of hydrogen-bond acceptors (Lipinski definition) is 6. The van der Waals surface area contributed by atoms with Crippen molar-refractivity contribution in [1.29, 1.82) is 10.5 Å². The van der Waals surface area contributed by atoms with Crippen LogP contribution in [-0.4, -0.2) is 29.5 Å². The largest absolute Gasteiger partial charge is 0.457 e. The molecule has 1 unspecified atom stereocenters. The molecule has 0 aliphatic rings. The second-order valence-electron chi connectivity index (χ2n) is 4.77. The molecule has 6 heteroatoms. The Labute approximate surface area is 133 Å². The number of hydrogen-bond donors (Lipinski definition) is 3. The second kappa shape index (κ2) is 7.81. The second-order valence-corrected chi connectivity index (χ2v) is 4.77. The number of nitrogens with one attached hydrogen (secondary N) is 1. The quantitative estimate of drug-likeness (QED) is 0.753. The van der Waals surface area contributed by atoms with E-state index < -0.39 is 6.10 Å². The summed E-state index contributed by atoms with van der Waals surface area (Å²) in [7, 11) is 0. The summed E-state index contributed by atoms with van der Waals surface area (Å²) in [5.41, 5.74) is 1.35. The van der Waals surface area contributed by atoms with Crippen molar-refractivity contribution < 1.29 is 14.9 Å². The molecule has 0 radical (unpaired) electrons. The predicted molar refractivity (Wildman–Crippen MR) is 84.0 cm³/mol. The fourth-order valence-electron chi connectivity index (χ4n) is 1.85. The maximum Gasteiger partial charge on any atom is 0.128 e. The molecule has 2 rings (SSSR count). The molecule has 0 amide bonds. The summed E-state index contributed by atoms with van der Waals surface area (Å²) < 4.78 is 5.64. The standard InChI is InChI=1S/C17H15N3O3/c18-8-12-1-4-17(7-13(12)9-19)23-16-5-2-14(3-6-16)20-10-15(22)11-21/h1-7,15,20-22H,10-11H2. The van der Waals surface area contributed by atoms with Crippen molar-refractivity contribution in [3.05, 3.63) is 53.6 Å². The van der Waals surface area contributed by atoms with E-state index in [1.165, 1.54) is 6.07 Å². The molecule has 0 fully saturated rings. The molecule has 0 saturated heterocycles. The van der Waals surface area contributed by atoms with Gasteiger partial charge >= 0.3 is 0 Å². The molecule has 0 aromatic heterocycles. The maximum absolute atomic E-state index is 9.27. The van der Waals surface area contributed by atoms with Crippen LogP contribution in [0.1, 0.15) is 11.1 Å². The number of aliphatic hydroxyl groups excluding tert-OH is 2. The molecule has 0 heterocycles. The minimum atomic E-state index is -0.811. The van der Waals surface area contributed by atoms with E-state index in [0.717, 1.165) is 5.69 Å². The van der Waals surface area contributed by atoms with Gasteiger partial charge in [-0.1, -0.05) is 0 Å². The Kier molecular flexibility index (Phi) is 5.54. The van der Waals surface area contributed by atoms with Crippen LogP contribution in [0.4, 0.5) is 5.69 Å². The Morgan fingerprint density at radius 1 is 1.00 bits per heavy atom. The molecule has 2 aromatic carbocycles. The minimum Gasteiger partial charge on any atom is -0.457 e. The molecule has 2 aromatic rings. The zero-order valence-corrected chi connectivity index (χ0v) is 12.2. The number of ether oxygens (including phenoxy) is 1. The number of benzene rings is 2. The number of nitrogens with zero attached hydrogens (tertiary/aromatic N) is 2. The smallest absolute Gasteiger partial charge is 0.128 e. The van der Waals surface area contributed by atoms with Crippen molar-refractivity contribution in [2.45, 2.75) is 6.10 Å². The summed E-state index contributed by atoms with van der Waals surface area (Å²) >= 11 is 0. The van der Waals surface area contributed by atoms with E-state index in [2.05, 4.69) is 5.32 Å². The molecule has 0 bridgehead atoms. The first kappa shape index (κ1) is 16.3. The highest BCUT2D eigenvalue weighted by Gasteiger charge is 2.05. The van der Waals surface area contributed by atoms with Crippen LogP contribution < -0.4 is 10.1 Å². The Balaban J connectivity index is 2.04. The van der Waals surface area contributed by atoms with Crippen LogP contribution in [0, 0.1) is 22.7 Å². The van der Waals surface area contributed by atoms with E-state index in [0.29, 0.717) is 17.1 Å². The maximum atomic E-state index is 9.27. The summed E-state index contributed by atoms with van der Waals surface area (Å²) in [6.45, 7) is -0.0496. The van der Waals surface area contributed by atoms with Crippen molar-refractivity contribution >= 4 is 5.69 Å². The van der Waals surface area contributed by atoms with Crippen molar-refractivity contribution in [3.63, 3.8) is 0 Å². The Morgan fingerprint density at radius 2 is 1.65 bits per heavy atom. The van der Waals surface area contributed by atoms with Crippen molar-refractivity contribution in [3.8, 4) is 23.6 Å². The fraction of sp³-hybridized carbons (Fsp3) is 0.176. The van der Waals surface area contributed by atoms with Gasteiger partial charge in [0.25, 0.3) is 0 Å². The lowest BCUT2D eigenvalue weighted by atomic mass is 10.1. The summed E-state index contributed by atoms with van der Waals surface area (Å²) in [5, 5.41) is 38.9. The topological polar surface area (TPSA) is 109 Å². The van der Waals surface area contributed by atoms with Crippen LogP contribution in [-0.2, 0) is 0 Å². The van der Waals surface area contributed by atoms with E-state index in [9.17, 15) is 5.11 Å². The van der Waals surface area contributed by atoms with E-state index >= 15 is 0 Å². The molecule has 3 N–H and O–H groups in total. The molecule has 116 valence electrons. The van der Waals surface area contributed by atoms with E-state index in [1.54, 1.807) is 36.4 Å². The number of anilines is 1. The summed E-state index contributed by atoms with van der Waals surface area (Å²) in [4.78, 5) is 0. The summed E-state index contributed by atoms with van der Waals surface area (Å²) in [6.07, 6.45) is -0.811. The average molecular weight is 309 g/mol. The van der Waals surface area contributed by atoms with Crippen LogP contribution in [0.3, 0.4) is 0 Å². The summed E-state index contributed by atoms with van der Waals surface area (Å²) in [6, 6.07) is 15.6. The van der Waals surface area contributed by atoms with Gasteiger partial charge in [-0.3, -0.25) is 0 Å². The first-order chi connectivity index (χ1) is 11.2. The molecular weight excluding hydrogens is 294 g/mol. The van der Waals surface area contributed by atoms with Gasteiger partial charge in [0, 0.05) is 12.2 Å². The van der Waals surface area contributed by atoms with Gasteiger partial charge in [-0.2, -0.15) is 10.5 Å². The first-order valence-corrected chi connectivity index (χ1v) is 6.91. The summed E-state index contributed by atoms with van der Waals surface area (Å²) in [5.74, 6) is 1.05. The number of nitriles is 2. The zero-order chi connectivity index (χ0) is 16.7. The number of aliphatic hydroxyl groups is 2. The lowest BCUT2D eigenvalue weighted by Gasteiger charge is -2.11. The molecule has 6 nitrogen and oxygen atoms in total. The first-order valence-electron chi connectivity index (χ1n) is 6.91. The normalized spacial score (nSPS) is 11.1. The van der Waals surface area contributed by atoms with Crippen LogP contribution in [0.5, 0.6) is 11.5 Å². The third-order valence-electron chi connectivity index (χ3n) is 3.07. The van der Waals surface area contributed by atoms with Gasteiger partial charge in [-0.05, 0) is 42.5 Å². The monoisotopic (exact) mass is 309 g/mol. The third kappa shape index (κ3) is 4.45. The van der Waals surface area contributed by atoms with Gasteiger partial charge in [0.1, 0.15) is 23.6 Å². The van der Waals surface area contributed by atoms with Crippen molar-refractivity contribution in [2.75, 3.05) is 18.5 Å². The molecule has 23 heavy (non-hydrogen) atoms. The van der Waals surface area contributed by atoms with Gasteiger partial charge in [-0.25, -0.2) is 0 Å². The van der Waals surface area contributed by atoms with Gasteiger partial charge < -0.3 is 20.3 Å². The number of rotatable bonds is 6. The fourth-order valence-corrected chi connectivity index (χ4v) is 1.85. The van der Waals surface area contributed by atoms with Crippen LogP contribution in [0.2, 0.25) is 0 Å². The van der Waals surface area contributed by atoms with E-state index in [4.69, 9.17) is 20.4 Å². The van der Waals surface area contributed by atoms with E-state index in [1.807, 2.05) is 12.1 Å². The minimum absolute atomic E-state index is 0.248. The lowest BCUT2D eigenvalue weighted by molar-refractivity contribution is 0.105. The highest BCUT2D eigenvalue weighted by Crippen LogP contribution is 2.25. The zero-order valence-electron chi connectivity index (χ0n) is 12.2. The van der Waals surface area contributed by atoms with E-state index in [-0.39, 0.29) is 18.7 Å². The highest BCUT2D eigenvalue weighted by atomic mass is 16.5. The van der Waals surface area contributed by atoms with Gasteiger partial charge in [0.15, 0.2) is 0 Å². The highest BCUT2D eigenvalue weighted by molar-refractivity contribution is 5.51. The molecular formula is C17H15N3O3. The van der Waals surface area contributed by atoms with Crippen LogP contribution >= 0.6 is 0 Å². The average Bonchev–Trinajstić information content (AvgIpc) is 2.60. The molecule has 0 spiro atoms. The Hall–Kier alpha value is -3.06. The van der Waals surface area contributed by atoms with Crippen molar-refractivity contribution in [2.24, 2.45) is 0 Å². The molecule has 0 aliphatic heterocycles. The van der Waals surface area contributed by atoms with Crippen LogP contribution in [0.25, 0.3) is 0 Å². The molecule has 1 atom stereocenters. The van der Waals surface area contributed by atoms with Crippen LogP contribution in [0.15, 0.2) is 42.5 Å². The third-order valence-corrected chi connectivity index (χ3v) is 3.07. The lowest BCUT2D eigenvalue weighted by Crippen LogP contribution is -2.22. The Bertz CT molecular complexity index is 745. The van der Waals surface area contributed by atoms with Crippen molar-refractivity contribution in [1.82, 2.24) is 0 Å². The SMILES string of the molecule is N#Cc1ccc(Oc2ccc(NCC(O)CO)cc2)cc1C#N.